The van der Waals surface area contributed by atoms with Gasteiger partial charge in [-0.2, -0.15) is 0 Å². The van der Waals surface area contributed by atoms with Gasteiger partial charge in [0, 0.05) is 11.8 Å². The predicted molar refractivity (Wildman–Crippen MR) is 64.1 cm³/mol. The molecule has 1 fully saturated rings. The molecule has 0 N–H and O–H groups in total. The molecule has 0 heterocycles. The summed E-state index contributed by atoms with van der Waals surface area (Å²) in [5, 5.41) is 0. The van der Waals surface area contributed by atoms with Gasteiger partial charge < -0.3 is 0 Å². The van der Waals surface area contributed by atoms with Gasteiger partial charge in [-0.05, 0) is 31.6 Å². The molecule has 0 aromatic rings. The van der Waals surface area contributed by atoms with Crippen LogP contribution in [0.3, 0.4) is 0 Å². The van der Waals surface area contributed by atoms with Gasteiger partial charge in [-0.25, -0.2) is 0 Å². The summed E-state index contributed by atoms with van der Waals surface area (Å²) in [6.45, 7) is 9.05. The predicted octanol–water partition coefficient (Wildman–Crippen LogP) is 4.22. The molecule has 0 amide bonds. The van der Waals surface area contributed by atoms with Crippen molar-refractivity contribution in [1.82, 2.24) is 0 Å². The number of hydrogen-bond acceptors (Lipinski definition) is 1. The molecule has 1 heteroatoms. The van der Waals surface area contributed by atoms with Gasteiger partial charge >= 0.3 is 0 Å². The summed E-state index contributed by atoms with van der Waals surface area (Å²) in [5.74, 6) is 0. The highest BCUT2D eigenvalue weighted by molar-refractivity contribution is 5.82. The van der Waals surface area contributed by atoms with Crippen molar-refractivity contribution >= 4 is 5.71 Å². The maximum absolute atomic E-state index is 4.84. The largest absolute Gasteiger partial charge is 0.291 e. The van der Waals surface area contributed by atoms with Crippen LogP contribution in [0.2, 0.25) is 0 Å². The molecule has 1 aliphatic carbocycles. The first-order chi connectivity index (χ1) is 6.47. The third-order valence-electron chi connectivity index (χ3n) is 2.76. The summed E-state index contributed by atoms with van der Waals surface area (Å²) in [4.78, 5) is 4.84. The molecule has 0 aromatic carbocycles. The summed E-state index contributed by atoms with van der Waals surface area (Å²) in [7, 11) is 0. The smallest absolute Gasteiger partial charge is 0.0498 e. The molecule has 1 nitrogen and oxygen atoms in total. The van der Waals surface area contributed by atoms with Gasteiger partial charge in [0.05, 0.1) is 0 Å². The highest BCUT2D eigenvalue weighted by Gasteiger charge is 2.15. The monoisotopic (exact) mass is 195 g/mol. The van der Waals surface area contributed by atoms with E-state index in [1.165, 1.54) is 37.8 Å². The van der Waals surface area contributed by atoms with Crippen molar-refractivity contribution in [3.63, 3.8) is 0 Å². The summed E-state index contributed by atoms with van der Waals surface area (Å²) < 4.78 is 0. The van der Waals surface area contributed by atoms with Crippen LogP contribution in [0.15, 0.2) is 4.99 Å². The third-order valence-corrected chi connectivity index (χ3v) is 2.76. The van der Waals surface area contributed by atoms with Gasteiger partial charge in [0.2, 0.25) is 0 Å². The van der Waals surface area contributed by atoms with Crippen molar-refractivity contribution in [3.8, 4) is 0 Å². The fourth-order valence-corrected chi connectivity index (χ4v) is 2.33. The minimum atomic E-state index is 0.391. The van der Waals surface area contributed by atoms with E-state index in [1.54, 1.807) is 0 Å². The van der Waals surface area contributed by atoms with Crippen molar-refractivity contribution in [1.29, 1.82) is 0 Å². The highest BCUT2D eigenvalue weighted by atomic mass is 14.8. The van der Waals surface area contributed by atoms with Crippen molar-refractivity contribution in [2.45, 2.75) is 72.3 Å². The Morgan fingerprint density at radius 2 is 1.71 bits per heavy atom. The summed E-state index contributed by atoms with van der Waals surface area (Å²) >= 11 is 0. The van der Waals surface area contributed by atoms with E-state index in [0.717, 1.165) is 6.42 Å². The van der Waals surface area contributed by atoms with Gasteiger partial charge in [-0.3, -0.25) is 4.99 Å². The number of hydrogen-bond donors (Lipinski definition) is 0. The van der Waals surface area contributed by atoms with Gasteiger partial charge in [-0.1, -0.05) is 40.0 Å². The molecular weight excluding hydrogens is 170 g/mol. The van der Waals surface area contributed by atoms with Crippen LogP contribution in [0, 0.1) is 5.41 Å². The minimum Gasteiger partial charge on any atom is -0.291 e. The Bertz CT molecular complexity index is 192. The highest BCUT2D eigenvalue weighted by Crippen LogP contribution is 2.23. The number of nitrogens with zero attached hydrogens (tertiary/aromatic N) is 1. The van der Waals surface area contributed by atoms with E-state index >= 15 is 0 Å². The second-order valence-electron chi connectivity index (χ2n) is 5.89. The Hall–Kier alpha value is -0.330. The fraction of sp³-hybridized carbons (Fsp3) is 0.923. The molecule has 1 aliphatic rings. The molecule has 0 bridgehead atoms. The van der Waals surface area contributed by atoms with Crippen molar-refractivity contribution < 1.29 is 0 Å². The Kier molecular flexibility index (Phi) is 4.15. The van der Waals surface area contributed by atoms with Crippen molar-refractivity contribution in [2.24, 2.45) is 10.4 Å². The van der Waals surface area contributed by atoms with E-state index in [2.05, 4.69) is 27.7 Å². The van der Waals surface area contributed by atoms with Gasteiger partial charge in [0.15, 0.2) is 0 Å². The third kappa shape index (κ3) is 4.78. The summed E-state index contributed by atoms with van der Waals surface area (Å²) in [5.41, 5.74) is 1.74. The standard InChI is InChI=1S/C13H25N/c1-11(10-13(2,3)4)14-12-8-6-5-7-9-12/h12H,5-10H2,1-4H3. The molecule has 0 spiro atoms. The fourth-order valence-electron chi connectivity index (χ4n) is 2.33. The van der Waals surface area contributed by atoms with E-state index in [-0.39, 0.29) is 0 Å². The molecule has 14 heavy (non-hydrogen) atoms. The van der Waals surface area contributed by atoms with Crippen LogP contribution in [0.1, 0.15) is 66.2 Å². The van der Waals surface area contributed by atoms with Gasteiger partial charge in [0.25, 0.3) is 0 Å². The maximum Gasteiger partial charge on any atom is 0.0498 e. The minimum absolute atomic E-state index is 0.391. The average Bonchev–Trinajstić information content (AvgIpc) is 2.02. The number of rotatable bonds is 2. The van der Waals surface area contributed by atoms with Crippen LogP contribution >= 0.6 is 0 Å². The Morgan fingerprint density at radius 3 is 2.21 bits per heavy atom. The lowest BCUT2D eigenvalue weighted by Crippen LogP contribution is -2.15. The Balaban J connectivity index is 2.41. The molecule has 0 saturated heterocycles. The molecule has 0 atom stereocenters. The lowest BCUT2D eigenvalue weighted by Gasteiger charge is -2.22. The van der Waals surface area contributed by atoms with E-state index in [1.807, 2.05) is 0 Å². The van der Waals surface area contributed by atoms with E-state index in [0.29, 0.717) is 11.5 Å². The molecule has 82 valence electrons. The number of aliphatic imine (C=N–C) groups is 1. The first kappa shape index (κ1) is 11.7. The summed E-state index contributed by atoms with van der Waals surface area (Å²) in [6, 6.07) is 0.645. The topological polar surface area (TPSA) is 12.4 Å². The lowest BCUT2D eigenvalue weighted by atomic mass is 9.89. The molecule has 1 rings (SSSR count). The maximum atomic E-state index is 4.84. The zero-order valence-corrected chi connectivity index (χ0v) is 10.3. The van der Waals surface area contributed by atoms with Gasteiger partial charge in [0.1, 0.15) is 0 Å². The Labute approximate surface area is 89.0 Å². The van der Waals surface area contributed by atoms with Crippen LogP contribution in [0.25, 0.3) is 0 Å². The first-order valence-electron chi connectivity index (χ1n) is 6.01. The SMILES string of the molecule is CC(CC(C)(C)C)=NC1CCCCC1. The first-order valence-corrected chi connectivity index (χ1v) is 6.01. The molecule has 0 radical (unpaired) electrons. The van der Waals surface area contributed by atoms with Gasteiger partial charge in [-0.15, -0.1) is 0 Å². The second kappa shape index (κ2) is 4.95. The van der Waals surface area contributed by atoms with Crippen LogP contribution in [-0.4, -0.2) is 11.8 Å². The Morgan fingerprint density at radius 1 is 1.14 bits per heavy atom. The molecular formula is C13H25N. The second-order valence-corrected chi connectivity index (χ2v) is 5.89. The summed E-state index contributed by atoms with van der Waals surface area (Å²) in [6.07, 6.45) is 7.98. The zero-order valence-electron chi connectivity index (χ0n) is 10.3. The van der Waals surface area contributed by atoms with Crippen LogP contribution < -0.4 is 0 Å². The quantitative estimate of drug-likeness (QED) is 0.585. The van der Waals surface area contributed by atoms with Crippen LogP contribution in [0.4, 0.5) is 0 Å². The molecule has 0 aliphatic heterocycles. The van der Waals surface area contributed by atoms with E-state index in [9.17, 15) is 0 Å². The normalized spacial score (nSPS) is 21.3. The van der Waals surface area contributed by atoms with E-state index in [4.69, 9.17) is 4.99 Å². The van der Waals surface area contributed by atoms with Crippen molar-refractivity contribution in [3.05, 3.63) is 0 Å². The zero-order chi connectivity index (χ0) is 10.6. The van der Waals surface area contributed by atoms with Crippen LogP contribution in [-0.2, 0) is 0 Å². The van der Waals surface area contributed by atoms with Crippen LogP contribution in [0.5, 0.6) is 0 Å². The molecule has 1 saturated carbocycles. The lowest BCUT2D eigenvalue weighted by molar-refractivity contribution is 0.421. The molecule has 0 unspecified atom stereocenters. The average molecular weight is 195 g/mol. The van der Waals surface area contributed by atoms with Crippen molar-refractivity contribution in [2.75, 3.05) is 0 Å². The van der Waals surface area contributed by atoms with E-state index < -0.39 is 0 Å². The molecule has 0 aromatic heterocycles.